The van der Waals surface area contributed by atoms with E-state index in [1.165, 1.54) is 15.8 Å². The lowest BCUT2D eigenvalue weighted by Crippen LogP contribution is -2.28. The lowest BCUT2D eigenvalue weighted by atomic mass is 9.89. The van der Waals surface area contributed by atoms with Crippen molar-refractivity contribution >= 4 is 44.1 Å². The van der Waals surface area contributed by atoms with E-state index < -0.39 is 11.9 Å². The van der Waals surface area contributed by atoms with Crippen molar-refractivity contribution in [3.8, 4) is 5.88 Å². The van der Waals surface area contributed by atoms with Crippen LogP contribution in [0.2, 0.25) is 0 Å². The third kappa shape index (κ3) is 4.46. The summed E-state index contributed by atoms with van der Waals surface area (Å²) in [6, 6.07) is 14.7. The molecule has 198 valence electrons. The van der Waals surface area contributed by atoms with Gasteiger partial charge in [0.1, 0.15) is 10.9 Å². The number of rotatable bonds is 5. The van der Waals surface area contributed by atoms with Crippen LogP contribution in [0.25, 0.3) is 21.1 Å². The summed E-state index contributed by atoms with van der Waals surface area (Å²) < 4.78 is 3.10. The Morgan fingerprint density at radius 2 is 1.97 bits per heavy atom. The van der Waals surface area contributed by atoms with Gasteiger partial charge < -0.3 is 9.67 Å². The highest BCUT2D eigenvalue weighted by molar-refractivity contribution is 7.18. The van der Waals surface area contributed by atoms with Crippen LogP contribution in [0.1, 0.15) is 47.9 Å². The zero-order chi connectivity index (χ0) is 27.3. The first kappa shape index (κ1) is 25.2. The summed E-state index contributed by atoms with van der Waals surface area (Å²) in [7, 11) is 0. The van der Waals surface area contributed by atoms with E-state index in [2.05, 4.69) is 22.1 Å². The average Bonchev–Trinajstić information content (AvgIpc) is 3.43. The molecule has 3 heterocycles. The number of fused-ring (bicyclic) bond motifs is 4. The van der Waals surface area contributed by atoms with Gasteiger partial charge in [-0.15, -0.1) is 21.6 Å². The van der Waals surface area contributed by atoms with Gasteiger partial charge >= 0.3 is 0 Å². The number of azo groups is 1. The molecular weight excluding hydrogens is 510 g/mol. The Labute approximate surface area is 229 Å². The maximum Gasteiger partial charge on any atom is 0.287 e. The van der Waals surface area contributed by atoms with Crippen LogP contribution in [0.4, 0.5) is 5.69 Å². The van der Waals surface area contributed by atoms with Gasteiger partial charge in [0, 0.05) is 10.3 Å². The van der Waals surface area contributed by atoms with Gasteiger partial charge in [-0.1, -0.05) is 55.0 Å². The molecule has 9 heteroatoms. The summed E-state index contributed by atoms with van der Waals surface area (Å²) >= 11 is 1.58. The first-order chi connectivity index (χ1) is 18.8. The quantitative estimate of drug-likeness (QED) is 0.259. The summed E-state index contributed by atoms with van der Waals surface area (Å²) in [6.45, 7) is 6.32. The van der Waals surface area contributed by atoms with E-state index in [1.54, 1.807) is 22.8 Å². The topological polar surface area (TPSA) is 102 Å². The monoisotopic (exact) mass is 539 g/mol. The summed E-state index contributed by atoms with van der Waals surface area (Å²) in [6.07, 6.45) is 4.28. The van der Waals surface area contributed by atoms with Gasteiger partial charge in [-0.3, -0.25) is 14.2 Å². The molecule has 0 radical (unpaired) electrons. The van der Waals surface area contributed by atoms with E-state index in [9.17, 15) is 14.7 Å². The van der Waals surface area contributed by atoms with Crippen LogP contribution in [-0.4, -0.2) is 25.1 Å². The van der Waals surface area contributed by atoms with Crippen molar-refractivity contribution in [3.05, 3.63) is 86.8 Å². The first-order valence-corrected chi connectivity index (χ1v) is 14.0. The van der Waals surface area contributed by atoms with Crippen LogP contribution >= 0.6 is 11.3 Å². The molecule has 0 unspecified atom stereocenters. The number of aromatic nitrogens is 3. The second-order valence-corrected chi connectivity index (χ2v) is 11.5. The van der Waals surface area contributed by atoms with Crippen molar-refractivity contribution in [2.75, 3.05) is 0 Å². The molecule has 0 spiro atoms. The Kier molecular flexibility index (Phi) is 6.38. The molecule has 0 aliphatic heterocycles. The second kappa shape index (κ2) is 9.89. The molecular formula is C30H29N5O3S. The van der Waals surface area contributed by atoms with Crippen molar-refractivity contribution in [2.24, 2.45) is 16.1 Å². The largest absolute Gasteiger partial charge is 0.493 e. The number of carbonyl (C=O) groups excluding carboxylic acids is 1. The van der Waals surface area contributed by atoms with Gasteiger partial charge in [0.2, 0.25) is 5.88 Å². The van der Waals surface area contributed by atoms with E-state index in [1.807, 2.05) is 55.5 Å². The fourth-order valence-corrected chi connectivity index (χ4v) is 6.67. The molecule has 0 bridgehead atoms. The molecule has 1 amide bonds. The highest BCUT2D eigenvalue weighted by Crippen LogP contribution is 2.39. The lowest BCUT2D eigenvalue weighted by molar-refractivity contribution is -0.121. The van der Waals surface area contributed by atoms with Crippen molar-refractivity contribution in [1.82, 2.24) is 14.1 Å². The standard InChI is InChI=1S/C30H29N5O3S/c1-17-8-11-20(12-9-17)15-34-23-7-5-4-6-21(23)26(30(34)38)32-33-27(36)19(3)35-16-31-28-25(29(35)37)22-13-10-18(2)14-24(22)39-28/h4-9,11-12,16,18-19,38H,10,13-15H2,1-3H3/t18-,19-/m1/s1. The van der Waals surface area contributed by atoms with E-state index in [-0.39, 0.29) is 17.1 Å². The number of aryl methyl sites for hydroxylation is 2. The Morgan fingerprint density at radius 1 is 1.21 bits per heavy atom. The van der Waals surface area contributed by atoms with Crippen LogP contribution in [0.3, 0.4) is 0 Å². The van der Waals surface area contributed by atoms with Crippen molar-refractivity contribution in [2.45, 2.75) is 52.6 Å². The molecule has 39 heavy (non-hydrogen) atoms. The maximum atomic E-state index is 13.5. The number of hydrogen-bond donors (Lipinski definition) is 1. The number of aromatic hydroxyl groups is 1. The highest BCUT2D eigenvalue weighted by Gasteiger charge is 2.25. The minimum atomic E-state index is -0.890. The van der Waals surface area contributed by atoms with Gasteiger partial charge in [-0.05, 0) is 56.2 Å². The number of amides is 1. The minimum Gasteiger partial charge on any atom is -0.493 e. The molecule has 2 aromatic carbocycles. The third-order valence-corrected chi connectivity index (χ3v) is 8.81. The van der Waals surface area contributed by atoms with Crippen LogP contribution < -0.4 is 5.56 Å². The van der Waals surface area contributed by atoms with E-state index in [0.29, 0.717) is 23.2 Å². The first-order valence-electron chi connectivity index (χ1n) is 13.1. The van der Waals surface area contributed by atoms with Crippen LogP contribution in [0.5, 0.6) is 5.88 Å². The Bertz CT molecular complexity index is 1810. The SMILES string of the molecule is Cc1ccc(Cn2c(O)c(N=NC(=O)[C@@H](C)n3cnc4sc5c(c4c3=O)CC[C@@H](C)C5)c3ccccc32)cc1. The lowest BCUT2D eigenvalue weighted by Gasteiger charge is -2.17. The molecule has 8 nitrogen and oxygen atoms in total. The van der Waals surface area contributed by atoms with Crippen LogP contribution in [-0.2, 0) is 24.2 Å². The molecule has 3 aromatic heterocycles. The van der Waals surface area contributed by atoms with Crippen molar-refractivity contribution < 1.29 is 9.90 Å². The molecule has 1 aliphatic rings. The Morgan fingerprint density at radius 3 is 2.77 bits per heavy atom. The van der Waals surface area contributed by atoms with E-state index in [0.717, 1.165) is 46.3 Å². The van der Waals surface area contributed by atoms with Crippen LogP contribution in [0.15, 0.2) is 69.9 Å². The normalized spacial score (nSPS) is 16.2. The molecule has 2 atom stereocenters. The zero-order valence-electron chi connectivity index (χ0n) is 22.1. The summed E-state index contributed by atoms with van der Waals surface area (Å²) in [5.74, 6) is -0.0703. The fraction of sp³-hybridized carbons (Fsp3) is 0.300. The average molecular weight is 540 g/mol. The van der Waals surface area contributed by atoms with Gasteiger partial charge in [0.25, 0.3) is 11.5 Å². The Balaban J connectivity index is 1.32. The van der Waals surface area contributed by atoms with Crippen LogP contribution in [0, 0.1) is 12.8 Å². The number of hydrogen-bond acceptors (Lipinski definition) is 6. The zero-order valence-corrected chi connectivity index (χ0v) is 22.9. The molecule has 5 aromatic rings. The molecule has 6 rings (SSSR count). The molecule has 1 aliphatic carbocycles. The smallest absolute Gasteiger partial charge is 0.287 e. The van der Waals surface area contributed by atoms with E-state index in [4.69, 9.17) is 0 Å². The van der Waals surface area contributed by atoms with Gasteiger partial charge in [0.15, 0.2) is 5.69 Å². The third-order valence-electron chi connectivity index (χ3n) is 7.64. The van der Waals surface area contributed by atoms with Gasteiger partial charge in [-0.25, -0.2) is 4.98 Å². The second-order valence-electron chi connectivity index (χ2n) is 10.5. The highest BCUT2D eigenvalue weighted by atomic mass is 32.1. The number of benzene rings is 2. The van der Waals surface area contributed by atoms with Crippen molar-refractivity contribution in [3.63, 3.8) is 0 Å². The summed E-state index contributed by atoms with van der Waals surface area (Å²) in [5, 5.41) is 20.5. The van der Waals surface area contributed by atoms with Gasteiger partial charge in [-0.2, -0.15) is 0 Å². The molecule has 0 saturated carbocycles. The number of para-hydroxylation sites is 1. The summed E-state index contributed by atoms with van der Waals surface area (Å²) in [4.78, 5) is 33.0. The fourth-order valence-electron chi connectivity index (χ4n) is 5.33. The minimum absolute atomic E-state index is 0.0691. The number of carbonyl (C=O) groups is 1. The predicted octanol–water partition coefficient (Wildman–Crippen LogP) is 6.47. The van der Waals surface area contributed by atoms with E-state index >= 15 is 0 Å². The number of nitrogens with zero attached hydrogens (tertiary/aromatic N) is 5. The molecule has 0 fully saturated rings. The number of thiophene rings is 1. The summed E-state index contributed by atoms with van der Waals surface area (Å²) in [5.41, 5.74) is 4.04. The molecule has 1 N–H and O–H groups in total. The Hall–Kier alpha value is -4.11. The van der Waals surface area contributed by atoms with Crippen molar-refractivity contribution in [1.29, 1.82) is 0 Å². The molecule has 0 saturated heterocycles. The van der Waals surface area contributed by atoms with Gasteiger partial charge in [0.05, 0.1) is 23.8 Å². The predicted molar refractivity (Wildman–Crippen MR) is 153 cm³/mol. The maximum absolute atomic E-state index is 13.5.